The van der Waals surface area contributed by atoms with Crippen molar-refractivity contribution < 1.29 is 14.7 Å². The highest BCUT2D eigenvalue weighted by Crippen LogP contribution is 2.15. The summed E-state index contributed by atoms with van der Waals surface area (Å²) < 4.78 is 0. The van der Waals surface area contributed by atoms with Gasteiger partial charge in [0.2, 0.25) is 0 Å². The largest absolute Gasteiger partial charge is 0.508 e. The van der Waals surface area contributed by atoms with Crippen LogP contribution in [0.5, 0.6) is 5.75 Å². The van der Waals surface area contributed by atoms with Crippen molar-refractivity contribution >= 4 is 23.2 Å². The van der Waals surface area contributed by atoms with E-state index >= 15 is 0 Å². The maximum Gasteiger partial charge on any atom is 0.314 e. The minimum Gasteiger partial charge on any atom is -0.508 e. The predicted octanol–water partition coefficient (Wildman–Crippen LogP) is 2.28. The number of nitrogens with one attached hydrogen (secondary N) is 2. The normalized spacial score (nSPS) is 9.85. The van der Waals surface area contributed by atoms with Gasteiger partial charge in [-0.15, -0.1) is 0 Å². The number of hydrogen-bond acceptors (Lipinski definition) is 3. The summed E-state index contributed by atoms with van der Waals surface area (Å²) in [4.78, 5) is 23.4. The van der Waals surface area contributed by atoms with Crippen molar-refractivity contribution in [1.29, 1.82) is 0 Å². The number of anilines is 2. The third kappa shape index (κ3) is 3.58. The first-order valence-corrected chi connectivity index (χ1v) is 6.02. The van der Waals surface area contributed by atoms with Crippen LogP contribution in [0.25, 0.3) is 0 Å². The third-order valence-electron chi connectivity index (χ3n) is 2.62. The molecule has 3 N–H and O–H groups in total. The Labute approximate surface area is 116 Å². The quantitative estimate of drug-likeness (QED) is 0.732. The Hall–Kier alpha value is -2.82. The van der Waals surface area contributed by atoms with Crippen molar-refractivity contribution in [3.63, 3.8) is 0 Å². The summed E-state index contributed by atoms with van der Waals surface area (Å²) >= 11 is 0. The lowest BCUT2D eigenvalue weighted by molar-refractivity contribution is -0.132. The highest BCUT2D eigenvalue weighted by molar-refractivity contribution is 6.43. The summed E-state index contributed by atoms with van der Waals surface area (Å²) in [6.07, 6.45) is 0. The molecule has 2 aromatic rings. The van der Waals surface area contributed by atoms with E-state index in [4.69, 9.17) is 0 Å². The van der Waals surface area contributed by atoms with Crippen molar-refractivity contribution in [2.45, 2.75) is 6.92 Å². The molecule has 0 spiro atoms. The smallest absolute Gasteiger partial charge is 0.314 e. The van der Waals surface area contributed by atoms with Gasteiger partial charge in [-0.25, -0.2) is 0 Å². The van der Waals surface area contributed by atoms with Crippen molar-refractivity contribution in [2.75, 3.05) is 10.6 Å². The fourth-order valence-electron chi connectivity index (χ4n) is 1.60. The molecule has 2 amide bonds. The summed E-state index contributed by atoms with van der Waals surface area (Å²) in [5.74, 6) is -1.55. The molecule has 0 aromatic heterocycles. The lowest BCUT2D eigenvalue weighted by Gasteiger charge is -2.07. The molecule has 20 heavy (non-hydrogen) atoms. The zero-order chi connectivity index (χ0) is 14.5. The van der Waals surface area contributed by atoms with Gasteiger partial charge in [-0.3, -0.25) is 9.59 Å². The van der Waals surface area contributed by atoms with Gasteiger partial charge in [0, 0.05) is 17.4 Å². The molecule has 0 bridgehead atoms. The molecule has 0 unspecified atom stereocenters. The fourth-order valence-corrected chi connectivity index (χ4v) is 1.60. The first kappa shape index (κ1) is 13.6. The van der Waals surface area contributed by atoms with E-state index in [0.717, 1.165) is 5.56 Å². The molecule has 0 heterocycles. The second-order valence-corrected chi connectivity index (χ2v) is 4.32. The van der Waals surface area contributed by atoms with Crippen LogP contribution >= 0.6 is 0 Å². The van der Waals surface area contributed by atoms with Crippen molar-refractivity contribution in [3.05, 3.63) is 54.1 Å². The standard InChI is InChI=1S/C15H14N2O3/c1-10-5-7-11(8-6-10)16-14(19)15(20)17-12-3-2-4-13(18)9-12/h2-9,18H,1H3,(H,16,19)(H,17,20). The number of carbonyl (C=O) groups is 2. The number of phenolic OH excluding ortho intramolecular Hbond substituents is 1. The number of carbonyl (C=O) groups excluding carboxylic acids is 2. The van der Waals surface area contributed by atoms with Crippen LogP contribution in [0, 0.1) is 6.92 Å². The highest BCUT2D eigenvalue weighted by Gasteiger charge is 2.14. The van der Waals surface area contributed by atoms with Gasteiger partial charge in [-0.2, -0.15) is 0 Å². The van der Waals surface area contributed by atoms with E-state index in [2.05, 4.69) is 10.6 Å². The Morgan fingerprint density at radius 1 is 0.900 bits per heavy atom. The van der Waals surface area contributed by atoms with Gasteiger partial charge >= 0.3 is 11.8 Å². The first-order chi connectivity index (χ1) is 9.54. The molecule has 0 aliphatic heterocycles. The molecule has 0 fully saturated rings. The Balaban J connectivity index is 1.98. The zero-order valence-corrected chi connectivity index (χ0v) is 10.9. The van der Waals surface area contributed by atoms with Crippen LogP contribution < -0.4 is 10.6 Å². The molecule has 0 saturated carbocycles. The summed E-state index contributed by atoms with van der Waals surface area (Å²) in [6, 6.07) is 13.1. The minimum atomic E-state index is -0.795. The summed E-state index contributed by atoms with van der Waals surface area (Å²) in [6.45, 7) is 1.93. The Kier molecular flexibility index (Phi) is 4.00. The van der Waals surface area contributed by atoms with Gasteiger partial charge in [-0.05, 0) is 31.2 Å². The average molecular weight is 270 g/mol. The summed E-state index contributed by atoms with van der Waals surface area (Å²) in [5.41, 5.74) is 1.97. The number of rotatable bonds is 2. The van der Waals surface area contributed by atoms with E-state index in [-0.39, 0.29) is 5.75 Å². The van der Waals surface area contributed by atoms with Crippen LogP contribution in [0.15, 0.2) is 48.5 Å². The van der Waals surface area contributed by atoms with Gasteiger partial charge in [-0.1, -0.05) is 23.8 Å². The van der Waals surface area contributed by atoms with Crippen LogP contribution in [-0.2, 0) is 9.59 Å². The molecule has 2 aromatic carbocycles. The third-order valence-corrected chi connectivity index (χ3v) is 2.62. The van der Waals surface area contributed by atoms with Crippen molar-refractivity contribution in [2.24, 2.45) is 0 Å². The van der Waals surface area contributed by atoms with E-state index in [1.54, 1.807) is 24.3 Å². The van der Waals surface area contributed by atoms with Crippen LogP contribution in [0.4, 0.5) is 11.4 Å². The maximum atomic E-state index is 11.7. The minimum absolute atomic E-state index is 0.0155. The molecule has 0 aliphatic carbocycles. The topological polar surface area (TPSA) is 78.4 Å². The van der Waals surface area contributed by atoms with E-state index in [1.165, 1.54) is 12.1 Å². The van der Waals surface area contributed by atoms with Gasteiger partial charge in [0.25, 0.3) is 0 Å². The van der Waals surface area contributed by atoms with Crippen LogP contribution in [0.1, 0.15) is 5.56 Å². The molecule has 0 aliphatic rings. The summed E-state index contributed by atoms with van der Waals surface area (Å²) in [7, 11) is 0. The second-order valence-electron chi connectivity index (χ2n) is 4.32. The first-order valence-electron chi connectivity index (χ1n) is 6.02. The van der Waals surface area contributed by atoms with E-state index in [9.17, 15) is 14.7 Å². The lowest BCUT2D eigenvalue weighted by atomic mass is 10.2. The number of phenols is 1. The van der Waals surface area contributed by atoms with Gasteiger partial charge in [0.15, 0.2) is 0 Å². The van der Waals surface area contributed by atoms with E-state index in [1.807, 2.05) is 19.1 Å². The Bertz CT molecular complexity index is 636. The Morgan fingerprint density at radius 3 is 2.10 bits per heavy atom. The average Bonchev–Trinajstić information content (AvgIpc) is 2.41. The summed E-state index contributed by atoms with van der Waals surface area (Å²) in [5, 5.41) is 14.2. The molecule has 0 saturated heterocycles. The predicted molar refractivity (Wildman–Crippen MR) is 76.5 cm³/mol. The molecule has 0 radical (unpaired) electrons. The highest BCUT2D eigenvalue weighted by atomic mass is 16.3. The van der Waals surface area contributed by atoms with E-state index in [0.29, 0.717) is 11.4 Å². The maximum absolute atomic E-state index is 11.7. The zero-order valence-electron chi connectivity index (χ0n) is 10.9. The van der Waals surface area contributed by atoms with Crippen LogP contribution in [-0.4, -0.2) is 16.9 Å². The Morgan fingerprint density at radius 2 is 1.50 bits per heavy atom. The molecular weight excluding hydrogens is 256 g/mol. The number of aromatic hydroxyl groups is 1. The van der Waals surface area contributed by atoms with Crippen molar-refractivity contribution in [1.82, 2.24) is 0 Å². The molecule has 102 valence electrons. The molecule has 0 atom stereocenters. The SMILES string of the molecule is Cc1ccc(NC(=O)C(=O)Nc2cccc(O)c2)cc1. The number of amides is 2. The van der Waals surface area contributed by atoms with Gasteiger partial charge in [0.1, 0.15) is 5.75 Å². The number of benzene rings is 2. The van der Waals surface area contributed by atoms with Crippen LogP contribution in [0.3, 0.4) is 0 Å². The molecule has 2 rings (SSSR count). The second kappa shape index (κ2) is 5.88. The molecular formula is C15H14N2O3. The van der Waals surface area contributed by atoms with Crippen LogP contribution in [0.2, 0.25) is 0 Å². The molecule has 5 heteroatoms. The van der Waals surface area contributed by atoms with Gasteiger partial charge < -0.3 is 15.7 Å². The number of hydrogen-bond donors (Lipinski definition) is 3. The number of aryl methyl sites for hydroxylation is 1. The van der Waals surface area contributed by atoms with E-state index < -0.39 is 11.8 Å². The monoisotopic (exact) mass is 270 g/mol. The molecule has 5 nitrogen and oxygen atoms in total. The van der Waals surface area contributed by atoms with Gasteiger partial charge in [0.05, 0.1) is 0 Å². The lowest BCUT2D eigenvalue weighted by Crippen LogP contribution is -2.29. The fraction of sp³-hybridized carbons (Fsp3) is 0.0667. The van der Waals surface area contributed by atoms with Crippen molar-refractivity contribution in [3.8, 4) is 5.75 Å².